The molecule has 0 spiro atoms. The summed E-state index contributed by atoms with van der Waals surface area (Å²) in [7, 11) is -3.14. The monoisotopic (exact) mass is 338 g/mol. The van der Waals surface area contributed by atoms with Gasteiger partial charge < -0.3 is 5.11 Å². The van der Waals surface area contributed by atoms with Crippen LogP contribution in [-0.4, -0.2) is 24.5 Å². The van der Waals surface area contributed by atoms with E-state index in [0.717, 1.165) is 27.1 Å². The van der Waals surface area contributed by atoms with Gasteiger partial charge in [0.25, 0.3) is 0 Å². The minimum atomic E-state index is -3.14. The number of aliphatic hydroxyl groups is 1. The summed E-state index contributed by atoms with van der Waals surface area (Å²) < 4.78 is 24.7. The summed E-state index contributed by atoms with van der Waals surface area (Å²) in [6.07, 6.45) is 1.26. The van der Waals surface area contributed by atoms with Crippen LogP contribution in [0, 0.1) is 6.92 Å². The van der Waals surface area contributed by atoms with Crippen LogP contribution in [0.4, 0.5) is 0 Å². The molecular weight excluding hydrogens is 324 g/mol. The molecule has 2 heterocycles. The molecule has 2 rings (SSSR count). The van der Waals surface area contributed by atoms with Gasteiger partial charge in [0.1, 0.15) is 6.10 Å². The Balaban J connectivity index is 2.31. The first-order valence-electron chi connectivity index (χ1n) is 5.57. The van der Waals surface area contributed by atoms with Crippen molar-refractivity contribution in [3.8, 4) is 0 Å². The quantitative estimate of drug-likeness (QED) is 0.901. The lowest BCUT2D eigenvalue weighted by Crippen LogP contribution is -2.33. The minimum Gasteiger partial charge on any atom is -0.386 e. The average Bonchev–Trinajstić information content (AvgIpc) is 2.56. The predicted octanol–water partition coefficient (Wildman–Crippen LogP) is 2.82. The van der Waals surface area contributed by atoms with Crippen LogP contribution in [0.5, 0.6) is 0 Å². The maximum absolute atomic E-state index is 11.9. The van der Waals surface area contributed by atoms with E-state index in [1.54, 1.807) is 0 Å². The zero-order valence-corrected chi connectivity index (χ0v) is 12.7. The van der Waals surface area contributed by atoms with Crippen LogP contribution in [0.25, 0.3) is 0 Å². The molecular formula is C11H15BrO3S2. The first kappa shape index (κ1) is 13.5. The van der Waals surface area contributed by atoms with Gasteiger partial charge in [0.15, 0.2) is 9.84 Å². The molecule has 1 aromatic heterocycles. The van der Waals surface area contributed by atoms with Gasteiger partial charge in [0.2, 0.25) is 0 Å². The largest absolute Gasteiger partial charge is 0.386 e. The molecule has 2 unspecified atom stereocenters. The van der Waals surface area contributed by atoms with Crippen LogP contribution in [-0.2, 0) is 9.84 Å². The third-order valence-corrected chi connectivity index (χ3v) is 7.40. The highest BCUT2D eigenvalue weighted by Crippen LogP contribution is 2.38. The van der Waals surface area contributed by atoms with E-state index in [9.17, 15) is 13.5 Å². The number of sulfone groups is 1. The highest BCUT2D eigenvalue weighted by molar-refractivity contribution is 9.10. The van der Waals surface area contributed by atoms with Crippen molar-refractivity contribution in [2.45, 2.75) is 37.5 Å². The molecule has 0 aliphatic carbocycles. The van der Waals surface area contributed by atoms with Crippen molar-refractivity contribution in [2.75, 3.05) is 5.75 Å². The average molecular weight is 339 g/mol. The molecule has 1 aromatic rings. The highest BCUT2D eigenvalue weighted by Gasteiger charge is 2.36. The Labute approximate surface area is 114 Å². The molecule has 0 radical (unpaired) electrons. The predicted molar refractivity (Wildman–Crippen MR) is 73.1 cm³/mol. The Hall–Kier alpha value is 0.0900. The summed E-state index contributed by atoms with van der Waals surface area (Å²) in [5, 5.41) is 9.64. The van der Waals surface area contributed by atoms with Crippen molar-refractivity contribution in [1.29, 1.82) is 0 Å². The summed E-state index contributed by atoms with van der Waals surface area (Å²) in [5.41, 5.74) is 0. The number of thiophene rings is 1. The Morgan fingerprint density at radius 1 is 1.53 bits per heavy atom. The maximum atomic E-state index is 11.9. The molecule has 6 heteroatoms. The molecule has 0 amide bonds. The Kier molecular flexibility index (Phi) is 3.97. The Bertz CT molecular complexity index is 507. The van der Waals surface area contributed by atoms with Gasteiger partial charge in [-0.15, -0.1) is 11.3 Å². The van der Waals surface area contributed by atoms with Crippen molar-refractivity contribution in [1.82, 2.24) is 0 Å². The van der Waals surface area contributed by atoms with Gasteiger partial charge in [0, 0.05) is 14.2 Å². The summed E-state index contributed by atoms with van der Waals surface area (Å²) in [6.45, 7) is 1.95. The Morgan fingerprint density at radius 2 is 2.24 bits per heavy atom. The zero-order valence-electron chi connectivity index (χ0n) is 9.52. The minimum absolute atomic E-state index is 0.205. The van der Waals surface area contributed by atoms with Crippen molar-refractivity contribution in [2.24, 2.45) is 0 Å². The SMILES string of the molecule is Cc1cc(Br)c(C(O)C2CCCCS2(=O)=O)s1. The molecule has 0 saturated carbocycles. The smallest absolute Gasteiger partial charge is 0.156 e. The van der Waals surface area contributed by atoms with E-state index in [2.05, 4.69) is 15.9 Å². The van der Waals surface area contributed by atoms with Crippen LogP contribution in [0.1, 0.15) is 35.1 Å². The molecule has 1 saturated heterocycles. The van der Waals surface area contributed by atoms with Gasteiger partial charge in [-0.3, -0.25) is 0 Å². The second-order valence-electron chi connectivity index (χ2n) is 4.42. The lowest BCUT2D eigenvalue weighted by Gasteiger charge is -2.26. The lowest BCUT2D eigenvalue weighted by molar-refractivity contribution is 0.167. The van der Waals surface area contributed by atoms with Crippen molar-refractivity contribution in [3.05, 3.63) is 20.3 Å². The van der Waals surface area contributed by atoms with Crippen LogP contribution < -0.4 is 0 Å². The van der Waals surface area contributed by atoms with Crippen molar-refractivity contribution < 1.29 is 13.5 Å². The third kappa shape index (κ3) is 2.75. The maximum Gasteiger partial charge on any atom is 0.156 e. The first-order valence-corrected chi connectivity index (χ1v) is 8.90. The van der Waals surface area contributed by atoms with Gasteiger partial charge in [-0.1, -0.05) is 6.42 Å². The topological polar surface area (TPSA) is 54.4 Å². The van der Waals surface area contributed by atoms with Gasteiger partial charge in [-0.05, 0) is 41.8 Å². The standard InChI is InChI=1S/C11H15BrO3S2/c1-7-6-8(12)11(16-7)10(13)9-4-2-3-5-17(9,14)15/h6,9-10,13H,2-5H2,1H3. The normalized spacial score (nSPS) is 25.7. The first-order chi connectivity index (χ1) is 7.92. The van der Waals surface area contributed by atoms with E-state index in [-0.39, 0.29) is 5.75 Å². The number of aliphatic hydroxyl groups excluding tert-OH is 1. The van der Waals surface area contributed by atoms with Crippen LogP contribution >= 0.6 is 27.3 Å². The summed E-state index contributed by atoms with van der Waals surface area (Å²) >= 11 is 4.83. The van der Waals surface area contributed by atoms with Gasteiger partial charge in [0.05, 0.1) is 11.0 Å². The second-order valence-corrected chi connectivity index (χ2v) is 8.90. The van der Waals surface area contributed by atoms with E-state index in [1.807, 2.05) is 13.0 Å². The fourth-order valence-electron chi connectivity index (χ4n) is 2.21. The summed E-state index contributed by atoms with van der Waals surface area (Å²) in [4.78, 5) is 1.80. The van der Waals surface area contributed by atoms with E-state index in [1.165, 1.54) is 11.3 Å². The fraction of sp³-hybridized carbons (Fsp3) is 0.636. The molecule has 2 atom stereocenters. The zero-order chi connectivity index (χ0) is 12.6. The number of hydrogen-bond donors (Lipinski definition) is 1. The molecule has 96 valence electrons. The second kappa shape index (κ2) is 4.99. The molecule has 1 aliphatic rings. The van der Waals surface area contributed by atoms with Crippen molar-refractivity contribution in [3.63, 3.8) is 0 Å². The van der Waals surface area contributed by atoms with Crippen molar-refractivity contribution >= 4 is 37.1 Å². The number of aryl methyl sites for hydroxylation is 1. The van der Waals surface area contributed by atoms with E-state index < -0.39 is 21.2 Å². The van der Waals surface area contributed by atoms with E-state index >= 15 is 0 Å². The Morgan fingerprint density at radius 3 is 2.76 bits per heavy atom. The van der Waals surface area contributed by atoms with Crippen LogP contribution in [0.15, 0.2) is 10.5 Å². The summed E-state index contributed by atoms with van der Waals surface area (Å²) in [5.74, 6) is 0.205. The molecule has 1 N–H and O–H groups in total. The third-order valence-electron chi connectivity index (χ3n) is 3.09. The number of rotatable bonds is 2. The highest BCUT2D eigenvalue weighted by atomic mass is 79.9. The molecule has 17 heavy (non-hydrogen) atoms. The molecule has 0 bridgehead atoms. The molecule has 1 fully saturated rings. The van der Waals surface area contributed by atoms with Crippen LogP contribution in [0.3, 0.4) is 0 Å². The van der Waals surface area contributed by atoms with Gasteiger partial charge >= 0.3 is 0 Å². The summed E-state index contributed by atoms with van der Waals surface area (Å²) in [6, 6.07) is 1.92. The van der Waals surface area contributed by atoms with Crippen LogP contribution in [0.2, 0.25) is 0 Å². The number of halogens is 1. The molecule has 1 aliphatic heterocycles. The van der Waals surface area contributed by atoms with Gasteiger partial charge in [-0.25, -0.2) is 8.42 Å². The fourth-order valence-corrected chi connectivity index (χ4v) is 6.19. The number of hydrogen-bond acceptors (Lipinski definition) is 4. The molecule has 0 aromatic carbocycles. The lowest BCUT2D eigenvalue weighted by atomic mass is 10.1. The van der Waals surface area contributed by atoms with E-state index in [4.69, 9.17) is 0 Å². The molecule has 3 nitrogen and oxygen atoms in total. The van der Waals surface area contributed by atoms with E-state index in [0.29, 0.717) is 6.42 Å². The van der Waals surface area contributed by atoms with Gasteiger partial charge in [-0.2, -0.15) is 0 Å².